The van der Waals surface area contributed by atoms with Crippen LogP contribution in [0.15, 0.2) is 31.0 Å². The Hall–Kier alpha value is -1.36. The van der Waals surface area contributed by atoms with Gasteiger partial charge in [0.25, 0.3) is 0 Å². The number of nitrogens with zero attached hydrogens (tertiary/aromatic N) is 1. The van der Waals surface area contributed by atoms with Gasteiger partial charge in [-0.2, -0.15) is 13.2 Å². The molecule has 2 nitrogen and oxygen atoms in total. The van der Waals surface area contributed by atoms with Gasteiger partial charge in [0, 0.05) is 6.20 Å². The van der Waals surface area contributed by atoms with Crippen molar-refractivity contribution in [1.29, 1.82) is 0 Å². The molecule has 0 saturated carbocycles. The van der Waals surface area contributed by atoms with Crippen molar-refractivity contribution < 1.29 is 13.2 Å². The van der Waals surface area contributed by atoms with E-state index in [-0.39, 0.29) is 5.69 Å². The van der Waals surface area contributed by atoms with Gasteiger partial charge in [-0.05, 0) is 12.1 Å². The quantitative estimate of drug-likeness (QED) is 0.747. The second-order valence-electron chi connectivity index (χ2n) is 2.70. The Kier molecular flexibility index (Phi) is 2.90. The maximum absolute atomic E-state index is 12.4. The van der Waals surface area contributed by atoms with Gasteiger partial charge in [-0.15, -0.1) is 6.58 Å². The smallest absolute Gasteiger partial charge is 0.319 e. The fraction of sp³-hybridized carbons (Fsp3) is 0.222. The molecule has 0 aliphatic heterocycles. The van der Waals surface area contributed by atoms with Crippen molar-refractivity contribution in [1.82, 2.24) is 4.98 Å². The summed E-state index contributed by atoms with van der Waals surface area (Å²) in [4.78, 5) is 3.60. The molecule has 0 fully saturated rings. The van der Waals surface area contributed by atoms with Crippen molar-refractivity contribution in [3.63, 3.8) is 0 Å². The van der Waals surface area contributed by atoms with Gasteiger partial charge in [-0.25, -0.2) is 0 Å². The van der Waals surface area contributed by atoms with Crippen LogP contribution in [-0.4, -0.2) is 4.98 Å². The third-order valence-corrected chi connectivity index (χ3v) is 1.71. The van der Waals surface area contributed by atoms with Crippen LogP contribution in [0.3, 0.4) is 0 Å². The van der Waals surface area contributed by atoms with Crippen LogP contribution in [-0.2, 0) is 6.18 Å². The van der Waals surface area contributed by atoms with E-state index in [4.69, 9.17) is 5.73 Å². The molecule has 76 valence electrons. The van der Waals surface area contributed by atoms with E-state index in [1.54, 1.807) is 0 Å². The molecule has 0 spiro atoms. The van der Waals surface area contributed by atoms with E-state index in [0.717, 1.165) is 6.07 Å². The largest absolute Gasteiger partial charge is 0.418 e. The Balaban J connectivity index is 3.22. The first-order valence-corrected chi connectivity index (χ1v) is 3.87. The van der Waals surface area contributed by atoms with Gasteiger partial charge in [-0.3, -0.25) is 4.98 Å². The van der Waals surface area contributed by atoms with Crippen LogP contribution in [0.25, 0.3) is 0 Å². The maximum atomic E-state index is 12.4. The number of hydrogen-bond acceptors (Lipinski definition) is 2. The summed E-state index contributed by atoms with van der Waals surface area (Å²) in [6.07, 6.45) is -1.93. The summed E-state index contributed by atoms with van der Waals surface area (Å²) in [5.74, 6) is 0. The molecular weight excluding hydrogens is 193 g/mol. The number of hydrogen-bond donors (Lipinski definition) is 1. The normalized spacial score (nSPS) is 13.7. The highest BCUT2D eigenvalue weighted by atomic mass is 19.4. The van der Waals surface area contributed by atoms with E-state index >= 15 is 0 Å². The standard InChI is InChI=1S/C9H9F3N2/c1-2-7(13)8-6(9(10,11)12)4-3-5-14-8/h2-5,7H,1,13H2. The van der Waals surface area contributed by atoms with Crippen LogP contribution >= 0.6 is 0 Å². The Morgan fingerprint density at radius 3 is 2.64 bits per heavy atom. The molecular formula is C9H9F3N2. The van der Waals surface area contributed by atoms with E-state index in [1.807, 2.05) is 0 Å². The van der Waals surface area contributed by atoms with Crippen molar-refractivity contribution in [2.45, 2.75) is 12.2 Å². The first-order chi connectivity index (χ1) is 6.46. The minimum atomic E-state index is -4.43. The SMILES string of the molecule is C=CC(N)c1ncccc1C(F)(F)F. The zero-order valence-electron chi connectivity index (χ0n) is 7.25. The summed E-state index contributed by atoms with van der Waals surface area (Å²) in [6.45, 7) is 3.33. The number of nitrogens with two attached hydrogens (primary N) is 1. The molecule has 0 aromatic carbocycles. The lowest BCUT2D eigenvalue weighted by Gasteiger charge is -2.13. The lowest BCUT2D eigenvalue weighted by Crippen LogP contribution is -2.17. The molecule has 1 aromatic rings. The van der Waals surface area contributed by atoms with Gasteiger partial charge in [-0.1, -0.05) is 6.08 Å². The van der Waals surface area contributed by atoms with Gasteiger partial charge in [0.2, 0.25) is 0 Å². The van der Waals surface area contributed by atoms with Gasteiger partial charge in [0.1, 0.15) is 0 Å². The molecule has 5 heteroatoms. The van der Waals surface area contributed by atoms with E-state index in [0.29, 0.717) is 0 Å². The Labute approximate surface area is 79.3 Å². The fourth-order valence-electron chi connectivity index (χ4n) is 1.03. The molecule has 0 aliphatic rings. The number of alkyl halides is 3. The van der Waals surface area contributed by atoms with E-state index in [9.17, 15) is 13.2 Å². The molecule has 1 rings (SSSR count). The molecule has 0 bridgehead atoms. The van der Waals surface area contributed by atoms with Crippen LogP contribution in [0, 0.1) is 0 Å². The first-order valence-electron chi connectivity index (χ1n) is 3.87. The first kappa shape index (κ1) is 10.7. The summed E-state index contributed by atoms with van der Waals surface area (Å²) >= 11 is 0. The van der Waals surface area contributed by atoms with Crippen molar-refractivity contribution in [3.05, 3.63) is 42.2 Å². The molecule has 1 heterocycles. The van der Waals surface area contributed by atoms with Crippen molar-refractivity contribution in [3.8, 4) is 0 Å². The minimum Gasteiger partial charge on any atom is -0.319 e. The minimum absolute atomic E-state index is 0.199. The Morgan fingerprint density at radius 1 is 1.50 bits per heavy atom. The molecule has 0 amide bonds. The second-order valence-corrected chi connectivity index (χ2v) is 2.70. The summed E-state index contributed by atoms with van der Waals surface area (Å²) < 4.78 is 37.2. The van der Waals surface area contributed by atoms with Crippen molar-refractivity contribution >= 4 is 0 Å². The predicted molar refractivity (Wildman–Crippen MR) is 46.4 cm³/mol. The number of pyridine rings is 1. The third-order valence-electron chi connectivity index (χ3n) is 1.71. The fourth-order valence-corrected chi connectivity index (χ4v) is 1.03. The number of halogens is 3. The summed E-state index contributed by atoms with van der Waals surface area (Å²) in [5.41, 5.74) is 4.40. The number of rotatable bonds is 2. The molecule has 1 aromatic heterocycles. The van der Waals surface area contributed by atoms with Crippen LogP contribution in [0.4, 0.5) is 13.2 Å². The zero-order chi connectivity index (χ0) is 10.8. The van der Waals surface area contributed by atoms with E-state index < -0.39 is 17.8 Å². The van der Waals surface area contributed by atoms with Gasteiger partial charge in [0.05, 0.1) is 17.3 Å². The summed E-state index contributed by atoms with van der Waals surface area (Å²) in [6, 6.07) is 1.28. The monoisotopic (exact) mass is 202 g/mol. The van der Waals surface area contributed by atoms with Crippen LogP contribution in [0.2, 0.25) is 0 Å². The highest BCUT2D eigenvalue weighted by Gasteiger charge is 2.34. The van der Waals surface area contributed by atoms with Crippen molar-refractivity contribution in [2.24, 2.45) is 5.73 Å². The van der Waals surface area contributed by atoms with Gasteiger partial charge in [0.15, 0.2) is 0 Å². The van der Waals surface area contributed by atoms with E-state index in [2.05, 4.69) is 11.6 Å². The molecule has 1 unspecified atom stereocenters. The topological polar surface area (TPSA) is 38.9 Å². The second kappa shape index (κ2) is 3.79. The highest BCUT2D eigenvalue weighted by Crippen LogP contribution is 2.32. The Morgan fingerprint density at radius 2 is 2.14 bits per heavy atom. The maximum Gasteiger partial charge on any atom is 0.418 e. The molecule has 0 saturated heterocycles. The molecule has 14 heavy (non-hydrogen) atoms. The van der Waals surface area contributed by atoms with E-state index in [1.165, 1.54) is 18.3 Å². The van der Waals surface area contributed by atoms with Crippen LogP contribution in [0.5, 0.6) is 0 Å². The molecule has 0 aliphatic carbocycles. The van der Waals surface area contributed by atoms with Crippen molar-refractivity contribution in [2.75, 3.05) is 0 Å². The summed E-state index contributed by atoms with van der Waals surface area (Å²) in [5, 5.41) is 0. The van der Waals surface area contributed by atoms with Gasteiger partial charge < -0.3 is 5.73 Å². The van der Waals surface area contributed by atoms with Gasteiger partial charge >= 0.3 is 6.18 Å². The molecule has 1 atom stereocenters. The summed E-state index contributed by atoms with van der Waals surface area (Å²) in [7, 11) is 0. The van der Waals surface area contributed by atoms with Crippen LogP contribution in [0.1, 0.15) is 17.3 Å². The van der Waals surface area contributed by atoms with Crippen LogP contribution < -0.4 is 5.73 Å². The highest BCUT2D eigenvalue weighted by molar-refractivity contribution is 5.27. The average Bonchev–Trinajstić information content (AvgIpc) is 2.15. The third kappa shape index (κ3) is 2.11. The average molecular weight is 202 g/mol. The predicted octanol–water partition coefficient (Wildman–Crippen LogP) is 2.29. The molecule has 0 radical (unpaired) electrons. The lowest BCUT2D eigenvalue weighted by atomic mass is 10.1. The number of aromatic nitrogens is 1. The Bertz CT molecular complexity index is 333. The zero-order valence-corrected chi connectivity index (χ0v) is 7.25. The lowest BCUT2D eigenvalue weighted by molar-refractivity contribution is -0.138. The molecule has 2 N–H and O–H groups in total.